The van der Waals surface area contributed by atoms with Crippen LogP contribution < -0.4 is 0 Å². The quantitative estimate of drug-likeness (QED) is 0.888. The van der Waals surface area contributed by atoms with Crippen molar-refractivity contribution in [3.05, 3.63) is 35.6 Å². The Morgan fingerprint density at radius 1 is 1.38 bits per heavy atom. The number of rotatable bonds is 5. The van der Waals surface area contributed by atoms with Gasteiger partial charge in [0.25, 0.3) is 10.2 Å². The number of piperidine rings is 1. The molecule has 1 N–H and O–H groups in total. The van der Waals surface area contributed by atoms with E-state index >= 15 is 0 Å². The van der Waals surface area contributed by atoms with Crippen LogP contribution in [0.15, 0.2) is 24.3 Å². The van der Waals surface area contributed by atoms with Crippen molar-refractivity contribution in [3.8, 4) is 0 Å². The molecule has 1 heterocycles. The lowest BCUT2D eigenvalue weighted by Gasteiger charge is -2.33. The second-order valence-electron chi connectivity index (χ2n) is 5.44. The highest BCUT2D eigenvalue weighted by atomic mass is 32.2. The van der Waals surface area contributed by atoms with Gasteiger partial charge in [0.05, 0.1) is 0 Å². The highest BCUT2D eigenvalue weighted by molar-refractivity contribution is 7.86. The van der Waals surface area contributed by atoms with Gasteiger partial charge in [-0.1, -0.05) is 12.1 Å². The molecule has 1 atom stereocenters. The molecule has 0 amide bonds. The molecule has 0 saturated carbocycles. The lowest BCUT2D eigenvalue weighted by molar-refractivity contribution is 0.161. The van der Waals surface area contributed by atoms with Gasteiger partial charge in [0.15, 0.2) is 0 Å². The number of aliphatic hydroxyl groups excluding tert-OH is 1. The molecule has 0 bridgehead atoms. The number of nitrogens with zero attached hydrogens (tertiary/aromatic N) is 2. The number of benzene rings is 1. The minimum absolute atomic E-state index is 0.00717. The van der Waals surface area contributed by atoms with Crippen molar-refractivity contribution >= 4 is 10.2 Å². The summed E-state index contributed by atoms with van der Waals surface area (Å²) in [5, 5.41) is 9.20. The Bertz CT molecular complexity index is 562. The van der Waals surface area contributed by atoms with Gasteiger partial charge in [-0.3, -0.25) is 0 Å². The summed E-state index contributed by atoms with van der Waals surface area (Å²) in [7, 11) is -2.04. The lowest BCUT2D eigenvalue weighted by atomic mass is 10.0. The molecule has 0 radical (unpaired) electrons. The predicted molar refractivity (Wildman–Crippen MR) is 78.2 cm³/mol. The van der Waals surface area contributed by atoms with Gasteiger partial charge in [-0.2, -0.15) is 17.0 Å². The molecule has 1 aromatic carbocycles. The van der Waals surface area contributed by atoms with Crippen molar-refractivity contribution in [2.75, 3.05) is 26.7 Å². The standard InChI is InChI=1S/C14H21FN2O3S/c1-16(9-12-4-6-14(15)7-5-12)21(19,20)17-8-2-3-13(10-17)11-18/h4-7,13,18H,2-3,8-11H2,1H3. The minimum atomic E-state index is -3.55. The Morgan fingerprint density at radius 3 is 2.67 bits per heavy atom. The normalized spacial score (nSPS) is 20.9. The van der Waals surface area contributed by atoms with E-state index < -0.39 is 10.2 Å². The fourth-order valence-electron chi connectivity index (χ4n) is 2.51. The second-order valence-corrected chi connectivity index (χ2v) is 7.47. The van der Waals surface area contributed by atoms with E-state index in [0.29, 0.717) is 13.1 Å². The summed E-state index contributed by atoms with van der Waals surface area (Å²) in [6, 6.07) is 5.79. The van der Waals surface area contributed by atoms with Gasteiger partial charge in [0, 0.05) is 33.3 Å². The minimum Gasteiger partial charge on any atom is -0.396 e. The van der Waals surface area contributed by atoms with Crippen LogP contribution in [0.25, 0.3) is 0 Å². The van der Waals surface area contributed by atoms with Crippen molar-refractivity contribution in [2.45, 2.75) is 19.4 Å². The molecule has 21 heavy (non-hydrogen) atoms. The summed E-state index contributed by atoms with van der Waals surface area (Å²) in [5.41, 5.74) is 0.734. The van der Waals surface area contributed by atoms with Crippen LogP contribution in [-0.2, 0) is 16.8 Å². The van der Waals surface area contributed by atoms with Crippen LogP contribution in [0.5, 0.6) is 0 Å². The van der Waals surface area contributed by atoms with E-state index in [1.54, 1.807) is 12.1 Å². The van der Waals surface area contributed by atoms with Crippen molar-refractivity contribution in [2.24, 2.45) is 5.92 Å². The van der Waals surface area contributed by atoms with E-state index in [1.807, 2.05) is 0 Å². The predicted octanol–water partition coefficient (Wildman–Crippen LogP) is 1.21. The van der Waals surface area contributed by atoms with Crippen LogP contribution in [0.4, 0.5) is 4.39 Å². The van der Waals surface area contributed by atoms with E-state index in [0.717, 1.165) is 18.4 Å². The van der Waals surface area contributed by atoms with E-state index in [-0.39, 0.29) is 24.9 Å². The highest BCUT2D eigenvalue weighted by Crippen LogP contribution is 2.21. The molecule has 1 aliphatic rings. The maximum Gasteiger partial charge on any atom is 0.282 e. The largest absolute Gasteiger partial charge is 0.396 e. The van der Waals surface area contributed by atoms with Crippen LogP contribution in [-0.4, -0.2) is 48.9 Å². The first kappa shape index (κ1) is 16.4. The fourth-order valence-corrected chi connectivity index (χ4v) is 3.98. The smallest absolute Gasteiger partial charge is 0.282 e. The first-order chi connectivity index (χ1) is 9.93. The van der Waals surface area contributed by atoms with E-state index in [4.69, 9.17) is 0 Å². The Hall–Kier alpha value is -1.02. The Kier molecular flexibility index (Phi) is 5.32. The van der Waals surface area contributed by atoms with Crippen LogP contribution in [0.1, 0.15) is 18.4 Å². The summed E-state index contributed by atoms with van der Waals surface area (Å²) < 4.78 is 40.6. The van der Waals surface area contributed by atoms with Gasteiger partial charge in [0.1, 0.15) is 5.82 Å². The SMILES string of the molecule is CN(Cc1ccc(F)cc1)S(=O)(=O)N1CCCC(CO)C1. The molecule has 5 nitrogen and oxygen atoms in total. The van der Waals surface area contributed by atoms with E-state index in [1.165, 1.54) is 27.8 Å². The number of aliphatic hydroxyl groups is 1. The zero-order valence-corrected chi connectivity index (χ0v) is 12.9. The number of hydrogen-bond acceptors (Lipinski definition) is 3. The molecule has 1 aromatic rings. The molecular weight excluding hydrogens is 295 g/mol. The van der Waals surface area contributed by atoms with Gasteiger partial charge in [0.2, 0.25) is 0 Å². The monoisotopic (exact) mass is 316 g/mol. The van der Waals surface area contributed by atoms with Crippen LogP contribution >= 0.6 is 0 Å². The molecule has 0 spiro atoms. The van der Waals surface area contributed by atoms with Gasteiger partial charge < -0.3 is 5.11 Å². The molecule has 1 aliphatic heterocycles. The third-order valence-electron chi connectivity index (χ3n) is 3.78. The molecular formula is C14H21FN2O3S. The first-order valence-corrected chi connectivity index (χ1v) is 8.40. The van der Waals surface area contributed by atoms with Gasteiger partial charge >= 0.3 is 0 Å². The average molecular weight is 316 g/mol. The maximum absolute atomic E-state index is 12.9. The molecule has 7 heteroatoms. The Balaban J connectivity index is 2.05. The average Bonchev–Trinajstić information content (AvgIpc) is 2.49. The molecule has 1 unspecified atom stereocenters. The van der Waals surface area contributed by atoms with Crippen molar-refractivity contribution < 1.29 is 17.9 Å². The first-order valence-electron chi connectivity index (χ1n) is 7.00. The van der Waals surface area contributed by atoms with Crippen LogP contribution in [0, 0.1) is 11.7 Å². The van der Waals surface area contributed by atoms with Crippen LogP contribution in [0.2, 0.25) is 0 Å². The van der Waals surface area contributed by atoms with Crippen molar-refractivity contribution in [1.29, 1.82) is 0 Å². The molecule has 1 fully saturated rings. The topological polar surface area (TPSA) is 60.9 Å². The van der Waals surface area contributed by atoms with Crippen LogP contribution in [0.3, 0.4) is 0 Å². The second kappa shape index (κ2) is 6.83. The maximum atomic E-state index is 12.9. The summed E-state index contributed by atoms with van der Waals surface area (Å²) >= 11 is 0. The zero-order chi connectivity index (χ0) is 15.5. The van der Waals surface area contributed by atoms with Crippen molar-refractivity contribution in [1.82, 2.24) is 8.61 Å². The van der Waals surface area contributed by atoms with E-state index in [2.05, 4.69) is 0 Å². The Labute approximate surface area is 125 Å². The van der Waals surface area contributed by atoms with Gasteiger partial charge in [-0.05, 0) is 36.5 Å². The molecule has 2 rings (SSSR count). The zero-order valence-electron chi connectivity index (χ0n) is 12.1. The van der Waals surface area contributed by atoms with E-state index in [9.17, 15) is 17.9 Å². The number of halogens is 1. The third-order valence-corrected chi connectivity index (χ3v) is 5.68. The fraction of sp³-hybridized carbons (Fsp3) is 0.571. The molecule has 0 aliphatic carbocycles. The number of hydrogen-bond donors (Lipinski definition) is 1. The summed E-state index contributed by atoms with van der Waals surface area (Å²) in [4.78, 5) is 0. The Morgan fingerprint density at radius 2 is 2.05 bits per heavy atom. The summed E-state index contributed by atoms with van der Waals surface area (Å²) in [6.45, 7) is 1.04. The lowest BCUT2D eigenvalue weighted by Crippen LogP contribution is -2.47. The molecule has 1 saturated heterocycles. The highest BCUT2D eigenvalue weighted by Gasteiger charge is 2.31. The van der Waals surface area contributed by atoms with Gasteiger partial charge in [-0.15, -0.1) is 0 Å². The van der Waals surface area contributed by atoms with Gasteiger partial charge in [-0.25, -0.2) is 4.39 Å². The summed E-state index contributed by atoms with van der Waals surface area (Å²) in [6.07, 6.45) is 1.61. The molecule has 0 aromatic heterocycles. The summed E-state index contributed by atoms with van der Waals surface area (Å²) in [5.74, 6) is -0.334. The third kappa shape index (κ3) is 4.00. The van der Waals surface area contributed by atoms with Crippen molar-refractivity contribution in [3.63, 3.8) is 0 Å². The molecule has 118 valence electrons.